The molecule has 0 rings (SSSR count). The van der Waals surface area contributed by atoms with E-state index in [9.17, 15) is 24.3 Å². The number of aliphatic hydroxyl groups is 1. The van der Waals surface area contributed by atoms with E-state index in [2.05, 4.69) is 0 Å². The molecule has 0 saturated heterocycles. The molecule has 2 unspecified atom stereocenters. The molecule has 0 aliphatic heterocycles. The van der Waals surface area contributed by atoms with E-state index in [4.69, 9.17) is 14.9 Å². The van der Waals surface area contributed by atoms with E-state index in [-0.39, 0.29) is 25.0 Å². The summed E-state index contributed by atoms with van der Waals surface area (Å²) in [5, 5.41) is 27.7. The molecule has 0 aromatic heterocycles. The SMILES string of the molecule is CCCCC(C)(OC(=O)CCC)C(=O)O.CCCCC(O)(CC(=O)CCC)C(=O)O. The number of Topliss-reactive ketones (excluding diaryl/α,β-unsaturated/α-hetero) is 1. The summed E-state index contributed by atoms with van der Waals surface area (Å²) < 4.78 is 5.00. The van der Waals surface area contributed by atoms with Crippen LogP contribution in [0.4, 0.5) is 0 Å². The smallest absolute Gasteiger partial charge is 0.347 e. The van der Waals surface area contributed by atoms with Crippen LogP contribution in [0.15, 0.2) is 0 Å². The summed E-state index contributed by atoms with van der Waals surface area (Å²) in [6.07, 6.45) is 5.25. The van der Waals surface area contributed by atoms with Crippen molar-refractivity contribution in [2.75, 3.05) is 0 Å². The molecule has 0 bridgehead atoms. The number of aliphatic carboxylic acids is 2. The number of unbranched alkanes of at least 4 members (excludes halogenated alkanes) is 2. The molecule has 0 aromatic carbocycles. The largest absolute Gasteiger partial charge is 0.479 e. The van der Waals surface area contributed by atoms with Crippen LogP contribution in [0.5, 0.6) is 0 Å². The van der Waals surface area contributed by atoms with Crippen molar-refractivity contribution in [3.05, 3.63) is 0 Å². The molecule has 0 spiro atoms. The van der Waals surface area contributed by atoms with Gasteiger partial charge in [0.05, 0.1) is 0 Å². The van der Waals surface area contributed by atoms with Crippen LogP contribution in [-0.2, 0) is 23.9 Å². The Morgan fingerprint density at radius 3 is 1.67 bits per heavy atom. The number of carboxylic acid groups (broad SMARTS) is 2. The van der Waals surface area contributed by atoms with Crippen molar-refractivity contribution in [3.63, 3.8) is 0 Å². The average Bonchev–Trinajstić information content (AvgIpc) is 2.65. The van der Waals surface area contributed by atoms with Gasteiger partial charge in [0, 0.05) is 19.3 Å². The summed E-state index contributed by atoms with van der Waals surface area (Å²) in [6.45, 7) is 9.04. The lowest BCUT2D eigenvalue weighted by Crippen LogP contribution is -2.40. The van der Waals surface area contributed by atoms with Crippen LogP contribution >= 0.6 is 0 Å². The number of ether oxygens (including phenoxy) is 1. The summed E-state index contributed by atoms with van der Waals surface area (Å²) in [4.78, 5) is 44.4. The van der Waals surface area contributed by atoms with Crippen LogP contribution < -0.4 is 0 Å². The summed E-state index contributed by atoms with van der Waals surface area (Å²) in [5.41, 5.74) is -3.22. The van der Waals surface area contributed by atoms with Crippen LogP contribution in [0.3, 0.4) is 0 Å². The van der Waals surface area contributed by atoms with Crippen molar-refractivity contribution in [1.82, 2.24) is 0 Å². The van der Waals surface area contributed by atoms with Crippen LogP contribution in [-0.4, -0.2) is 50.2 Å². The molecule has 2 atom stereocenters. The number of hydrogen-bond acceptors (Lipinski definition) is 6. The van der Waals surface area contributed by atoms with Crippen molar-refractivity contribution >= 4 is 23.7 Å². The Labute approximate surface area is 180 Å². The third kappa shape index (κ3) is 12.6. The van der Waals surface area contributed by atoms with E-state index in [1.54, 1.807) is 0 Å². The molecule has 8 heteroatoms. The van der Waals surface area contributed by atoms with Gasteiger partial charge in [0.25, 0.3) is 0 Å². The molecule has 0 amide bonds. The predicted molar refractivity (Wildman–Crippen MR) is 113 cm³/mol. The van der Waals surface area contributed by atoms with E-state index < -0.39 is 29.1 Å². The van der Waals surface area contributed by atoms with Gasteiger partial charge >= 0.3 is 17.9 Å². The molecule has 0 aliphatic carbocycles. The van der Waals surface area contributed by atoms with Gasteiger partial charge in [0.2, 0.25) is 5.60 Å². The molecule has 8 nitrogen and oxygen atoms in total. The topological polar surface area (TPSA) is 138 Å². The average molecular weight is 433 g/mol. The van der Waals surface area contributed by atoms with Crippen LogP contribution in [0.1, 0.15) is 105 Å². The van der Waals surface area contributed by atoms with Gasteiger partial charge < -0.3 is 20.1 Å². The maximum absolute atomic E-state index is 11.3. The summed E-state index contributed by atoms with van der Waals surface area (Å²) >= 11 is 0. The van der Waals surface area contributed by atoms with Crippen molar-refractivity contribution in [2.45, 2.75) is 116 Å². The van der Waals surface area contributed by atoms with Crippen LogP contribution in [0, 0.1) is 0 Å². The molecule has 0 aliphatic rings. The van der Waals surface area contributed by atoms with Gasteiger partial charge in [-0.1, -0.05) is 47.0 Å². The molecular weight excluding hydrogens is 392 g/mol. The first-order chi connectivity index (χ1) is 13.9. The zero-order valence-corrected chi connectivity index (χ0v) is 19.2. The van der Waals surface area contributed by atoms with E-state index >= 15 is 0 Å². The fraction of sp³-hybridized carbons (Fsp3) is 0.818. The van der Waals surface area contributed by atoms with Crippen molar-refractivity contribution < 1.29 is 39.2 Å². The molecule has 0 radical (unpaired) electrons. The number of rotatable bonds is 15. The summed E-state index contributed by atoms with van der Waals surface area (Å²) in [7, 11) is 0. The zero-order chi connectivity index (χ0) is 23.8. The predicted octanol–water partition coefficient (Wildman–Crippen LogP) is 4.11. The van der Waals surface area contributed by atoms with Gasteiger partial charge in [-0.05, 0) is 39.0 Å². The summed E-state index contributed by atoms with van der Waals surface area (Å²) in [6, 6.07) is 0. The highest BCUT2D eigenvalue weighted by molar-refractivity contribution is 5.87. The Kier molecular flexibility index (Phi) is 15.9. The Morgan fingerprint density at radius 1 is 0.767 bits per heavy atom. The molecule has 30 heavy (non-hydrogen) atoms. The maximum atomic E-state index is 11.3. The van der Waals surface area contributed by atoms with Crippen LogP contribution in [0.25, 0.3) is 0 Å². The van der Waals surface area contributed by atoms with E-state index in [0.717, 1.165) is 19.3 Å². The number of carbonyl (C=O) groups is 4. The standard InChI is InChI=1S/2C11H20O4/c1-4-6-8-11(3,10(13)14)15-9(12)7-5-2;1-3-5-7-11(15,10(13)14)8-9(12)6-4-2/h4-8H2,1-3H3,(H,13,14);15H,3-8H2,1-2H3,(H,13,14). The number of carbonyl (C=O) groups excluding carboxylic acids is 2. The van der Waals surface area contributed by atoms with Crippen molar-refractivity contribution in [2.24, 2.45) is 0 Å². The number of carboxylic acids is 2. The Balaban J connectivity index is 0. The highest BCUT2D eigenvalue weighted by Gasteiger charge is 2.37. The van der Waals surface area contributed by atoms with Gasteiger partial charge in [-0.3, -0.25) is 9.59 Å². The third-order valence-corrected chi connectivity index (χ3v) is 4.61. The number of esters is 1. The molecule has 0 heterocycles. The van der Waals surface area contributed by atoms with E-state index in [1.165, 1.54) is 6.92 Å². The highest BCUT2D eigenvalue weighted by atomic mass is 16.6. The van der Waals surface area contributed by atoms with E-state index in [1.807, 2.05) is 27.7 Å². The van der Waals surface area contributed by atoms with Gasteiger partial charge in [0.1, 0.15) is 5.78 Å². The fourth-order valence-electron chi connectivity index (χ4n) is 2.66. The molecule has 3 N–H and O–H groups in total. The lowest BCUT2D eigenvalue weighted by atomic mass is 9.90. The fourth-order valence-corrected chi connectivity index (χ4v) is 2.66. The van der Waals surface area contributed by atoms with Crippen molar-refractivity contribution in [1.29, 1.82) is 0 Å². The maximum Gasteiger partial charge on any atom is 0.347 e. The Bertz CT molecular complexity index is 497. The highest BCUT2D eigenvalue weighted by Crippen LogP contribution is 2.21. The molecule has 0 saturated carbocycles. The number of hydrogen-bond donors (Lipinski definition) is 3. The van der Waals surface area contributed by atoms with Gasteiger partial charge in [-0.25, -0.2) is 9.59 Å². The molecule has 0 fully saturated rings. The van der Waals surface area contributed by atoms with Gasteiger partial charge in [0.15, 0.2) is 5.60 Å². The zero-order valence-electron chi connectivity index (χ0n) is 19.2. The van der Waals surface area contributed by atoms with Crippen LogP contribution in [0.2, 0.25) is 0 Å². The summed E-state index contributed by atoms with van der Waals surface area (Å²) in [5.74, 6) is -2.97. The Morgan fingerprint density at radius 2 is 1.27 bits per heavy atom. The normalized spacial score (nSPS) is 14.5. The minimum atomic E-state index is -1.86. The lowest BCUT2D eigenvalue weighted by molar-refractivity contribution is -0.177. The lowest BCUT2D eigenvalue weighted by Gasteiger charge is -2.24. The van der Waals surface area contributed by atoms with Gasteiger partial charge in [-0.2, -0.15) is 0 Å². The second kappa shape index (κ2) is 15.8. The van der Waals surface area contributed by atoms with Crippen molar-refractivity contribution in [3.8, 4) is 0 Å². The Hall–Kier alpha value is -1.96. The first-order valence-corrected chi connectivity index (χ1v) is 10.8. The minimum absolute atomic E-state index is 0.147. The number of ketones is 1. The molecule has 176 valence electrons. The molecular formula is C22H40O8. The third-order valence-electron chi connectivity index (χ3n) is 4.61. The quantitative estimate of drug-likeness (QED) is 0.329. The minimum Gasteiger partial charge on any atom is -0.479 e. The second-order valence-electron chi connectivity index (χ2n) is 7.77. The van der Waals surface area contributed by atoms with Gasteiger partial charge in [-0.15, -0.1) is 0 Å². The molecule has 0 aromatic rings. The van der Waals surface area contributed by atoms with E-state index in [0.29, 0.717) is 32.1 Å². The second-order valence-corrected chi connectivity index (χ2v) is 7.77. The first kappa shape index (κ1) is 30.2. The first-order valence-electron chi connectivity index (χ1n) is 10.8. The monoisotopic (exact) mass is 432 g/mol.